The number of carbonyl (C=O) groups excluding carboxylic acids is 1. The number of nitrogens with zero attached hydrogens (tertiary/aromatic N) is 1. The number of aliphatic carboxylic acids is 1. The number of nitro benzene ring substituents is 1. The zero-order valence-electron chi connectivity index (χ0n) is 15.5. The fraction of sp³-hybridized carbons (Fsp3) is 0.556. The highest BCUT2D eigenvalue weighted by atomic mass is 16.6. The van der Waals surface area contributed by atoms with Crippen LogP contribution in [0.1, 0.15) is 25.7 Å². The van der Waals surface area contributed by atoms with Crippen LogP contribution in [0.5, 0.6) is 5.75 Å². The fourth-order valence-corrected chi connectivity index (χ4v) is 2.04. The fourth-order valence-electron chi connectivity index (χ4n) is 2.04. The molecule has 1 rings (SSSR count). The molecule has 10 nitrogen and oxygen atoms in total. The van der Waals surface area contributed by atoms with Gasteiger partial charge >= 0.3 is 11.9 Å². The minimum Gasteiger partial charge on any atom is -0.491 e. The summed E-state index contributed by atoms with van der Waals surface area (Å²) in [5, 5.41) is 19.0. The molecule has 0 saturated heterocycles. The molecule has 0 aliphatic rings. The molecule has 1 aromatic rings. The summed E-state index contributed by atoms with van der Waals surface area (Å²) in [4.78, 5) is 31.8. The van der Waals surface area contributed by atoms with E-state index in [4.69, 9.17) is 24.1 Å². The molecule has 0 aliphatic carbocycles. The van der Waals surface area contributed by atoms with Gasteiger partial charge in [-0.2, -0.15) is 0 Å². The number of carboxylic acids is 1. The smallest absolute Gasteiger partial charge is 0.305 e. The summed E-state index contributed by atoms with van der Waals surface area (Å²) in [5.41, 5.74) is 0.00427. The third kappa shape index (κ3) is 11.8. The second kappa shape index (κ2) is 14.4. The van der Waals surface area contributed by atoms with Crippen LogP contribution in [0.25, 0.3) is 0 Å². The van der Waals surface area contributed by atoms with E-state index in [2.05, 4.69) is 0 Å². The molecule has 0 radical (unpaired) electrons. The number of hydrogen-bond donors (Lipinski definition) is 1. The van der Waals surface area contributed by atoms with E-state index in [-0.39, 0.29) is 37.7 Å². The van der Waals surface area contributed by atoms with Crippen LogP contribution < -0.4 is 4.74 Å². The van der Waals surface area contributed by atoms with Crippen molar-refractivity contribution in [2.24, 2.45) is 0 Å². The minimum absolute atomic E-state index is 0.00427. The van der Waals surface area contributed by atoms with Gasteiger partial charge in [0.2, 0.25) is 0 Å². The van der Waals surface area contributed by atoms with Gasteiger partial charge in [-0.15, -0.1) is 0 Å². The zero-order chi connectivity index (χ0) is 20.6. The van der Waals surface area contributed by atoms with E-state index < -0.39 is 10.9 Å². The van der Waals surface area contributed by atoms with Gasteiger partial charge in [-0.1, -0.05) is 0 Å². The summed E-state index contributed by atoms with van der Waals surface area (Å²) in [6.07, 6.45) is 1.19. The van der Waals surface area contributed by atoms with Gasteiger partial charge < -0.3 is 24.1 Å². The topological polar surface area (TPSA) is 134 Å². The Hall–Kier alpha value is -2.72. The lowest BCUT2D eigenvalue weighted by Gasteiger charge is -2.08. The standard InChI is InChI=1S/C18H25NO9/c20-17(21)3-1-2-4-18(22)28-14-12-26-10-9-25-11-13-27-16-7-5-15(6-8-16)19(23)24/h5-8H,1-4,9-14H2,(H,20,21). The van der Waals surface area contributed by atoms with Crippen LogP contribution >= 0.6 is 0 Å². The van der Waals surface area contributed by atoms with Crippen molar-refractivity contribution in [1.29, 1.82) is 0 Å². The predicted molar refractivity (Wildman–Crippen MR) is 97.3 cm³/mol. The Balaban J connectivity index is 1.89. The maximum absolute atomic E-state index is 11.4. The molecule has 0 unspecified atom stereocenters. The van der Waals surface area contributed by atoms with Gasteiger partial charge in [-0.25, -0.2) is 0 Å². The van der Waals surface area contributed by atoms with Crippen molar-refractivity contribution in [2.45, 2.75) is 25.7 Å². The van der Waals surface area contributed by atoms with Gasteiger partial charge in [-0.05, 0) is 25.0 Å². The van der Waals surface area contributed by atoms with Crippen molar-refractivity contribution in [3.05, 3.63) is 34.4 Å². The number of ether oxygens (including phenoxy) is 4. The second-order valence-electron chi connectivity index (χ2n) is 5.65. The largest absolute Gasteiger partial charge is 0.491 e. The number of nitro groups is 1. The molecule has 0 spiro atoms. The Morgan fingerprint density at radius 2 is 1.46 bits per heavy atom. The van der Waals surface area contributed by atoms with Crippen molar-refractivity contribution >= 4 is 17.6 Å². The highest BCUT2D eigenvalue weighted by Gasteiger charge is 2.05. The molecule has 28 heavy (non-hydrogen) atoms. The van der Waals surface area contributed by atoms with Crippen molar-refractivity contribution in [3.63, 3.8) is 0 Å². The van der Waals surface area contributed by atoms with E-state index >= 15 is 0 Å². The van der Waals surface area contributed by atoms with Gasteiger partial charge in [0, 0.05) is 25.0 Å². The molecule has 0 saturated carbocycles. The van der Waals surface area contributed by atoms with Crippen molar-refractivity contribution < 1.29 is 38.6 Å². The quantitative estimate of drug-likeness (QED) is 0.192. The molecule has 0 bridgehead atoms. The third-order valence-corrected chi connectivity index (χ3v) is 3.43. The highest BCUT2D eigenvalue weighted by molar-refractivity contribution is 5.69. The molecule has 1 aromatic carbocycles. The first-order valence-electron chi connectivity index (χ1n) is 8.89. The van der Waals surface area contributed by atoms with Crippen LogP contribution in [0.3, 0.4) is 0 Å². The van der Waals surface area contributed by atoms with E-state index in [1.54, 1.807) is 0 Å². The maximum Gasteiger partial charge on any atom is 0.305 e. The molecule has 0 fully saturated rings. The minimum atomic E-state index is -0.873. The normalized spacial score (nSPS) is 10.4. The summed E-state index contributed by atoms with van der Waals surface area (Å²) in [6.45, 7) is 1.73. The average Bonchev–Trinajstić information content (AvgIpc) is 2.67. The molecular weight excluding hydrogens is 374 g/mol. The van der Waals surface area contributed by atoms with Crippen LogP contribution in [0.2, 0.25) is 0 Å². The Kier molecular flexibility index (Phi) is 12.0. The number of benzene rings is 1. The Morgan fingerprint density at radius 1 is 0.893 bits per heavy atom. The lowest BCUT2D eigenvalue weighted by Crippen LogP contribution is -2.14. The Bertz CT molecular complexity index is 604. The monoisotopic (exact) mass is 399 g/mol. The second-order valence-corrected chi connectivity index (χ2v) is 5.65. The molecule has 10 heteroatoms. The van der Waals surface area contributed by atoms with E-state index in [0.717, 1.165) is 0 Å². The maximum atomic E-state index is 11.4. The molecule has 0 aliphatic heterocycles. The summed E-state index contributed by atoms with van der Waals surface area (Å²) in [6, 6.07) is 5.78. The number of carbonyl (C=O) groups is 2. The van der Waals surface area contributed by atoms with Crippen molar-refractivity contribution in [1.82, 2.24) is 0 Å². The van der Waals surface area contributed by atoms with Crippen LogP contribution in [-0.4, -0.2) is 61.6 Å². The lowest BCUT2D eigenvalue weighted by molar-refractivity contribution is -0.384. The predicted octanol–water partition coefficient (Wildman–Crippen LogP) is 2.20. The number of unbranched alkanes of at least 4 members (excludes halogenated alkanes) is 1. The summed E-state index contributed by atoms with van der Waals surface area (Å²) in [7, 11) is 0. The molecule has 1 N–H and O–H groups in total. The summed E-state index contributed by atoms with van der Waals surface area (Å²) < 4.78 is 20.9. The molecule has 0 aromatic heterocycles. The molecule has 0 amide bonds. The number of esters is 1. The van der Waals surface area contributed by atoms with Gasteiger partial charge in [0.25, 0.3) is 5.69 Å². The molecule has 0 atom stereocenters. The highest BCUT2D eigenvalue weighted by Crippen LogP contribution is 2.17. The summed E-state index contributed by atoms with van der Waals surface area (Å²) >= 11 is 0. The number of hydrogen-bond acceptors (Lipinski definition) is 8. The van der Waals surface area contributed by atoms with Gasteiger partial charge in [0.15, 0.2) is 0 Å². The van der Waals surface area contributed by atoms with Crippen LogP contribution in [0, 0.1) is 10.1 Å². The number of non-ortho nitro benzene ring substituents is 1. The molecular formula is C18H25NO9. The van der Waals surface area contributed by atoms with E-state index in [1.807, 2.05) is 0 Å². The van der Waals surface area contributed by atoms with Crippen molar-refractivity contribution in [2.75, 3.05) is 39.6 Å². The van der Waals surface area contributed by atoms with Crippen molar-refractivity contribution in [3.8, 4) is 5.75 Å². The Morgan fingerprint density at radius 3 is 2.07 bits per heavy atom. The van der Waals surface area contributed by atoms with Crippen LogP contribution in [0.4, 0.5) is 5.69 Å². The van der Waals surface area contributed by atoms with Gasteiger partial charge in [0.1, 0.15) is 19.0 Å². The van der Waals surface area contributed by atoms with Crippen LogP contribution in [-0.2, 0) is 23.8 Å². The first-order valence-corrected chi connectivity index (χ1v) is 8.89. The van der Waals surface area contributed by atoms with Crippen LogP contribution in [0.15, 0.2) is 24.3 Å². The molecule has 156 valence electrons. The SMILES string of the molecule is O=C(O)CCCCC(=O)OCCOCCOCCOc1ccc([N+](=O)[O-])cc1. The molecule has 0 heterocycles. The third-order valence-electron chi connectivity index (χ3n) is 3.43. The lowest BCUT2D eigenvalue weighted by atomic mass is 10.2. The van der Waals surface area contributed by atoms with E-state index in [9.17, 15) is 19.7 Å². The Labute approximate surface area is 162 Å². The van der Waals surface area contributed by atoms with Gasteiger partial charge in [0.05, 0.1) is 31.4 Å². The van der Waals surface area contributed by atoms with Gasteiger partial charge in [-0.3, -0.25) is 19.7 Å². The van der Waals surface area contributed by atoms with E-state index in [1.165, 1.54) is 24.3 Å². The number of carboxylic acid groups (broad SMARTS) is 1. The summed E-state index contributed by atoms with van der Waals surface area (Å²) in [5.74, 6) is -0.717. The van der Waals surface area contributed by atoms with E-state index in [0.29, 0.717) is 45.0 Å². The zero-order valence-corrected chi connectivity index (χ0v) is 15.5. The average molecular weight is 399 g/mol. The first-order chi connectivity index (χ1) is 13.5. The number of rotatable bonds is 16. The first kappa shape index (κ1) is 23.3.